The van der Waals surface area contributed by atoms with E-state index in [4.69, 9.17) is 32.7 Å². The van der Waals surface area contributed by atoms with Gasteiger partial charge in [-0.25, -0.2) is 9.78 Å². The summed E-state index contributed by atoms with van der Waals surface area (Å²) in [7, 11) is 0. The Labute approximate surface area is 214 Å². The first-order valence-electron chi connectivity index (χ1n) is 11.5. The van der Waals surface area contributed by atoms with Crippen molar-refractivity contribution in [2.75, 3.05) is 31.1 Å². The molecule has 0 bridgehead atoms. The van der Waals surface area contributed by atoms with Crippen LogP contribution in [0.3, 0.4) is 0 Å². The number of aromatic nitrogens is 2. The predicted octanol–water partition coefficient (Wildman–Crippen LogP) is 5.97. The van der Waals surface area contributed by atoms with Crippen LogP contribution in [0.4, 0.5) is 10.6 Å². The van der Waals surface area contributed by atoms with Gasteiger partial charge in [0.1, 0.15) is 17.2 Å². The van der Waals surface area contributed by atoms with E-state index in [0.717, 1.165) is 27.7 Å². The van der Waals surface area contributed by atoms with Gasteiger partial charge >= 0.3 is 6.09 Å². The highest BCUT2D eigenvalue weighted by atomic mass is 35.5. The molecule has 0 radical (unpaired) electrons. The summed E-state index contributed by atoms with van der Waals surface area (Å²) in [5.74, 6) is 1.86. The van der Waals surface area contributed by atoms with Gasteiger partial charge < -0.3 is 19.3 Å². The second-order valence-electron chi connectivity index (χ2n) is 9.57. The van der Waals surface area contributed by atoms with E-state index in [1.54, 1.807) is 4.90 Å². The number of carbonyl (C=O) groups excluding carboxylic acids is 1. The minimum Gasteiger partial charge on any atom is -0.444 e. The SMILES string of the molecule is CC(C)(C)OC(=O)N1CCN(c2nc(Cl)nc3c2CC=C(c2cccc4cccc(Cl)c24)O3)CC1. The number of piperazine rings is 1. The Morgan fingerprint density at radius 1 is 1.03 bits per heavy atom. The van der Waals surface area contributed by atoms with Crippen molar-refractivity contribution < 1.29 is 14.3 Å². The standard InChI is InChI=1S/C26H26Cl2N4O3/c1-26(2,3)35-25(33)32-14-12-31(13-15-32)22-18-10-11-20(34-23(18)30-24(28)29-22)17-8-4-6-16-7-5-9-19(27)21(16)17/h4-9,11H,10,12-15H2,1-3H3. The Morgan fingerprint density at radius 2 is 1.74 bits per heavy atom. The number of benzene rings is 2. The number of nitrogens with zero attached hydrogens (tertiary/aromatic N) is 4. The molecule has 5 rings (SSSR count). The van der Waals surface area contributed by atoms with Gasteiger partial charge in [0, 0.05) is 48.6 Å². The number of hydrogen-bond acceptors (Lipinski definition) is 6. The van der Waals surface area contributed by atoms with E-state index < -0.39 is 5.60 Å². The lowest BCUT2D eigenvalue weighted by atomic mass is 10.0. The van der Waals surface area contributed by atoms with Crippen LogP contribution in [0.25, 0.3) is 16.5 Å². The summed E-state index contributed by atoms with van der Waals surface area (Å²) in [6, 6.07) is 11.8. The number of halogens is 2. The zero-order valence-electron chi connectivity index (χ0n) is 19.8. The molecule has 2 aliphatic heterocycles. The summed E-state index contributed by atoms with van der Waals surface area (Å²) in [6.45, 7) is 7.87. The van der Waals surface area contributed by atoms with Crippen LogP contribution in [-0.2, 0) is 11.2 Å². The quantitative estimate of drug-likeness (QED) is 0.394. The number of allylic oxidation sites excluding steroid dienone is 1. The molecule has 182 valence electrons. The molecule has 1 fully saturated rings. The van der Waals surface area contributed by atoms with E-state index in [-0.39, 0.29) is 11.4 Å². The third kappa shape index (κ3) is 4.88. The first-order valence-corrected chi connectivity index (χ1v) is 12.3. The lowest BCUT2D eigenvalue weighted by molar-refractivity contribution is 0.0240. The van der Waals surface area contributed by atoms with Gasteiger partial charge in [-0.3, -0.25) is 0 Å². The number of ether oxygens (including phenoxy) is 2. The fourth-order valence-corrected chi connectivity index (χ4v) is 4.83. The van der Waals surface area contributed by atoms with Crippen LogP contribution in [0.2, 0.25) is 10.3 Å². The van der Waals surface area contributed by atoms with Crippen molar-refractivity contribution in [1.82, 2.24) is 14.9 Å². The highest BCUT2D eigenvalue weighted by molar-refractivity contribution is 6.36. The Balaban J connectivity index is 1.39. The molecule has 9 heteroatoms. The molecule has 1 amide bonds. The minimum absolute atomic E-state index is 0.116. The fraction of sp³-hybridized carbons (Fsp3) is 0.346. The van der Waals surface area contributed by atoms with Crippen molar-refractivity contribution in [2.45, 2.75) is 32.8 Å². The zero-order valence-corrected chi connectivity index (χ0v) is 21.4. The van der Waals surface area contributed by atoms with Crippen LogP contribution < -0.4 is 9.64 Å². The summed E-state index contributed by atoms with van der Waals surface area (Å²) in [5.41, 5.74) is 1.25. The number of carbonyl (C=O) groups is 1. The van der Waals surface area contributed by atoms with Crippen LogP contribution in [0.5, 0.6) is 5.88 Å². The molecule has 0 unspecified atom stereocenters. The molecule has 35 heavy (non-hydrogen) atoms. The Kier molecular flexibility index (Phi) is 6.23. The van der Waals surface area contributed by atoms with Gasteiger partial charge in [-0.15, -0.1) is 0 Å². The molecule has 3 aromatic rings. The van der Waals surface area contributed by atoms with Gasteiger partial charge in [0.05, 0.1) is 5.56 Å². The second kappa shape index (κ2) is 9.21. The monoisotopic (exact) mass is 512 g/mol. The van der Waals surface area contributed by atoms with Crippen molar-refractivity contribution in [3.05, 3.63) is 63.9 Å². The van der Waals surface area contributed by atoms with Crippen LogP contribution in [0.15, 0.2) is 42.5 Å². The summed E-state index contributed by atoms with van der Waals surface area (Å²) in [4.78, 5) is 25.2. The van der Waals surface area contributed by atoms with Crippen molar-refractivity contribution in [3.8, 4) is 5.88 Å². The lowest BCUT2D eigenvalue weighted by Gasteiger charge is -2.37. The average molecular weight is 513 g/mol. The third-order valence-electron chi connectivity index (χ3n) is 5.97. The van der Waals surface area contributed by atoms with Crippen LogP contribution in [0.1, 0.15) is 31.9 Å². The normalized spacial score (nSPS) is 16.0. The van der Waals surface area contributed by atoms with Crippen molar-refractivity contribution >= 4 is 51.6 Å². The molecule has 1 aromatic heterocycles. The average Bonchev–Trinajstić information content (AvgIpc) is 2.82. The largest absolute Gasteiger partial charge is 0.444 e. The van der Waals surface area contributed by atoms with Gasteiger partial charge in [0.15, 0.2) is 0 Å². The molecular formula is C26H26Cl2N4O3. The molecule has 7 nitrogen and oxygen atoms in total. The van der Waals surface area contributed by atoms with Crippen LogP contribution in [0, 0.1) is 0 Å². The maximum Gasteiger partial charge on any atom is 0.410 e. The van der Waals surface area contributed by atoms with Gasteiger partial charge in [-0.05, 0) is 49.9 Å². The predicted molar refractivity (Wildman–Crippen MR) is 138 cm³/mol. The van der Waals surface area contributed by atoms with Gasteiger partial charge in [-0.2, -0.15) is 4.98 Å². The van der Waals surface area contributed by atoms with E-state index in [9.17, 15) is 4.79 Å². The number of amides is 1. The van der Waals surface area contributed by atoms with E-state index >= 15 is 0 Å². The van der Waals surface area contributed by atoms with Crippen molar-refractivity contribution in [2.24, 2.45) is 0 Å². The highest BCUT2D eigenvalue weighted by Gasteiger charge is 2.30. The van der Waals surface area contributed by atoms with E-state index in [2.05, 4.69) is 14.9 Å². The van der Waals surface area contributed by atoms with Crippen molar-refractivity contribution in [1.29, 1.82) is 0 Å². The summed E-state index contributed by atoms with van der Waals surface area (Å²) in [5, 5.41) is 2.75. The molecule has 1 saturated heterocycles. The summed E-state index contributed by atoms with van der Waals surface area (Å²) >= 11 is 12.8. The van der Waals surface area contributed by atoms with Gasteiger partial charge in [-0.1, -0.05) is 41.9 Å². The molecule has 3 heterocycles. The molecule has 0 atom stereocenters. The van der Waals surface area contributed by atoms with Crippen LogP contribution in [-0.4, -0.2) is 52.7 Å². The van der Waals surface area contributed by atoms with Gasteiger partial charge in [0.25, 0.3) is 0 Å². The number of hydrogen-bond donors (Lipinski definition) is 0. The van der Waals surface area contributed by atoms with Gasteiger partial charge in [0.2, 0.25) is 11.2 Å². The lowest BCUT2D eigenvalue weighted by Crippen LogP contribution is -2.50. The Bertz CT molecular complexity index is 1320. The summed E-state index contributed by atoms with van der Waals surface area (Å²) < 4.78 is 11.8. The molecule has 0 spiro atoms. The topological polar surface area (TPSA) is 67.8 Å². The van der Waals surface area contributed by atoms with Crippen molar-refractivity contribution in [3.63, 3.8) is 0 Å². The number of rotatable bonds is 2. The molecular weight excluding hydrogens is 487 g/mol. The van der Waals surface area contributed by atoms with E-state index in [1.165, 1.54) is 0 Å². The Hall–Kier alpha value is -3.03. The smallest absolute Gasteiger partial charge is 0.410 e. The van der Waals surface area contributed by atoms with Crippen LogP contribution >= 0.6 is 23.2 Å². The first-order chi connectivity index (χ1) is 16.7. The molecule has 0 aliphatic carbocycles. The molecule has 2 aromatic carbocycles. The zero-order chi connectivity index (χ0) is 24.7. The molecule has 2 aliphatic rings. The number of fused-ring (bicyclic) bond motifs is 2. The second-order valence-corrected chi connectivity index (χ2v) is 10.3. The minimum atomic E-state index is -0.525. The highest BCUT2D eigenvalue weighted by Crippen LogP contribution is 2.38. The summed E-state index contributed by atoms with van der Waals surface area (Å²) in [6.07, 6.45) is 2.31. The third-order valence-corrected chi connectivity index (χ3v) is 6.45. The maximum absolute atomic E-state index is 12.4. The van der Waals surface area contributed by atoms with E-state index in [1.807, 2.05) is 63.2 Å². The van der Waals surface area contributed by atoms with E-state index in [0.29, 0.717) is 49.3 Å². The molecule has 0 N–H and O–H groups in total. The Morgan fingerprint density at radius 3 is 2.46 bits per heavy atom. The number of anilines is 1. The first kappa shape index (κ1) is 23.7. The fourth-order valence-electron chi connectivity index (χ4n) is 4.38. The maximum atomic E-state index is 12.4. The molecule has 0 saturated carbocycles.